The van der Waals surface area contributed by atoms with Crippen molar-refractivity contribution in [2.75, 3.05) is 59.1 Å². The summed E-state index contributed by atoms with van der Waals surface area (Å²) < 4.78 is 44.9. The molecule has 0 radical (unpaired) electrons. The normalized spacial score (nSPS) is 21.9. The Morgan fingerprint density at radius 1 is 0.912 bits per heavy atom. The molecule has 0 N–H and O–H groups in total. The Bertz CT molecular complexity index is 1110. The minimum absolute atomic E-state index is 0.0465. The second-order valence-electron chi connectivity index (χ2n) is 8.63. The van der Waals surface area contributed by atoms with E-state index in [4.69, 9.17) is 14.2 Å². The highest BCUT2D eigenvalue weighted by molar-refractivity contribution is 7.89. The molecule has 2 fully saturated rings. The van der Waals surface area contributed by atoms with Crippen LogP contribution in [0, 0.1) is 0 Å². The van der Waals surface area contributed by atoms with E-state index in [2.05, 4.69) is 17.0 Å². The fraction of sp³-hybridized carbons (Fsp3) is 0.458. The molecule has 2 aromatic rings. The molecule has 0 bridgehead atoms. The van der Waals surface area contributed by atoms with Gasteiger partial charge in [0.15, 0.2) is 11.5 Å². The number of fused-ring (bicyclic) bond motifs is 1. The van der Waals surface area contributed by atoms with E-state index in [0.717, 1.165) is 6.54 Å². The zero-order chi connectivity index (χ0) is 23.5. The molecule has 0 spiro atoms. The Morgan fingerprint density at radius 3 is 2.38 bits per heavy atom. The van der Waals surface area contributed by atoms with E-state index in [1.165, 1.54) is 22.0 Å². The number of rotatable bonds is 5. The molecule has 2 saturated heterocycles. The number of hydrogen-bond acceptors (Lipinski definition) is 7. The molecule has 0 aliphatic carbocycles. The summed E-state index contributed by atoms with van der Waals surface area (Å²) in [7, 11) is -3.66. The number of amides is 1. The monoisotopic (exact) mass is 487 g/mol. The number of ether oxygens (including phenoxy) is 3. The average molecular weight is 488 g/mol. The largest absolute Gasteiger partial charge is 0.485 e. The van der Waals surface area contributed by atoms with Gasteiger partial charge < -0.3 is 19.1 Å². The highest BCUT2D eigenvalue weighted by atomic mass is 32.2. The Kier molecular flexibility index (Phi) is 6.73. The van der Waals surface area contributed by atoms with E-state index < -0.39 is 16.1 Å². The summed E-state index contributed by atoms with van der Waals surface area (Å²) in [6.45, 7) is 5.14. The van der Waals surface area contributed by atoms with Gasteiger partial charge in [0.05, 0.1) is 18.1 Å². The first-order chi connectivity index (χ1) is 16.5. The molecule has 0 saturated carbocycles. The van der Waals surface area contributed by atoms with E-state index >= 15 is 0 Å². The third-order valence-corrected chi connectivity index (χ3v) is 8.29. The van der Waals surface area contributed by atoms with E-state index in [9.17, 15) is 13.2 Å². The highest BCUT2D eigenvalue weighted by Gasteiger charge is 2.34. The van der Waals surface area contributed by atoms with E-state index in [0.29, 0.717) is 64.0 Å². The second kappa shape index (κ2) is 9.91. The van der Waals surface area contributed by atoms with Crippen LogP contribution >= 0.6 is 0 Å². The smallest absolute Gasteiger partial charge is 0.267 e. The summed E-state index contributed by atoms with van der Waals surface area (Å²) in [5.41, 5.74) is 1.22. The molecule has 9 nitrogen and oxygen atoms in total. The van der Waals surface area contributed by atoms with Gasteiger partial charge in [-0.05, 0) is 17.7 Å². The van der Waals surface area contributed by atoms with Crippen LogP contribution in [-0.2, 0) is 26.1 Å². The number of nitrogens with zero attached hydrogens (tertiary/aromatic N) is 3. The molecule has 10 heteroatoms. The van der Waals surface area contributed by atoms with Gasteiger partial charge in [0.25, 0.3) is 5.91 Å². The molecular weight excluding hydrogens is 458 g/mol. The number of sulfonamides is 1. The number of carbonyl (C=O) groups is 1. The lowest BCUT2D eigenvalue weighted by molar-refractivity contribution is -0.145. The molecule has 0 aromatic heterocycles. The van der Waals surface area contributed by atoms with Crippen molar-refractivity contribution in [2.24, 2.45) is 0 Å². The minimum Gasteiger partial charge on any atom is -0.485 e. The quantitative estimate of drug-likeness (QED) is 0.626. The van der Waals surface area contributed by atoms with Crippen molar-refractivity contribution in [2.45, 2.75) is 17.5 Å². The topological polar surface area (TPSA) is 88.6 Å². The zero-order valence-corrected chi connectivity index (χ0v) is 19.8. The maximum absolute atomic E-state index is 13.3. The fourth-order valence-corrected chi connectivity index (χ4v) is 5.88. The van der Waals surface area contributed by atoms with Gasteiger partial charge in [-0.25, -0.2) is 8.42 Å². The molecule has 3 heterocycles. The van der Waals surface area contributed by atoms with Crippen LogP contribution in [0.3, 0.4) is 0 Å². The maximum Gasteiger partial charge on any atom is 0.267 e. The van der Waals surface area contributed by atoms with Crippen molar-refractivity contribution in [1.29, 1.82) is 0 Å². The SMILES string of the molecule is O=C([C@H]1COc2cc(S(=O)(=O)N3CCN(Cc4ccccc4)CC3)ccc2O1)N1CCOCC1. The molecular formula is C24H29N3O6S. The van der Waals surface area contributed by atoms with Gasteiger partial charge in [0.2, 0.25) is 16.1 Å². The molecule has 3 aliphatic heterocycles. The molecule has 2 aromatic carbocycles. The third-order valence-electron chi connectivity index (χ3n) is 6.39. The maximum atomic E-state index is 13.3. The van der Waals surface area contributed by atoms with Crippen LogP contribution in [0.15, 0.2) is 53.4 Å². The first-order valence-corrected chi connectivity index (χ1v) is 13.0. The van der Waals surface area contributed by atoms with Crippen LogP contribution in [0.5, 0.6) is 11.5 Å². The van der Waals surface area contributed by atoms with Crippen molar-refractivity contribution in [1.82, 2.24) is 14.1 Å². The van der Waals surface area contributed by atoms with Gasteiger partial charge in [0, 0.05) is 51.9 Å². The Labute approximate surface area is 199 Å². The van der Waals surface area contributed by atoms with Crippen LogP contribution in [0.2, 0.25) is 0 Å². The molecule has 5 rings (SSSR count). The van der Waals surface area contributed by atoms with Crippen LogP contribution in [0.1, 0.15) is 5.56 Å². The van der Waals surface area contributed by atoms with Gasteiger partial charge in [-0.15, -0.1) is 0 Å². The summed E-state index contributed by atoms with van der Waals surface area (Å²) in [6.07, 6.45) is -0.745. The van der Waals surface area contributed by atoms with Crippen molar-refractivity contribution in [3.05, 3.63) is 54.1 Å². The molecule has 3 aliphatic rings. The molecule has 1 atom stereocenters. The fourth-order valence-electron chi connectivity index (χ4n) is 4.44. The molecule has 1 amide bonds. The first-order valence-electron chi connectivity index (χ1n) is 11.6. The van der Waals surface area contributed by atoms with E-state index in [1.54, 1.807) is 11.0 Å². The Hall–Kier alpha value is -2.66. The van der Waals surface area contributed by atoms with E-state index in [-0.39, 0.29) is 17.4 Å². The number of piperazine rings is 1. The summed E-state index contributed by atoms with van der Waals surface area (Å²) in [5, 5.41) is 0. The van der Waals surface area contributed by atoms with Gasteiger partial charge in [-0.2, -0.15) is 4.31 Å². The highest BCUT2D eigenvalue weighted by Crippen LogP contribution is 2.35. The van der Waals surface area contributed by atoms with Crippen molar-refractivity contribution < 1.29 is 27.4 Å². The second-order valence-corrected chi connectivity index (χ2v) is 10.6. The lowest BCUT2D eigenvalue weighted by Crippen LogP contribution is -2.50. The lowest BCUT2D eigenvalue weighted by atomic mass is 10.2. The minimum atomic E-state index is -3.66. The average Bonchev–Trinajstić information content (AvgIpc) is 2.89. The van der Waals surface area contributed by atoms with Gasteiger partial charge >= 0.3 is 0 Å². The lowest BCUT2D eigenvalue weighted by Gasteiger charge is -2.34. The predicted octanol–water partition coefficient (Wildman–Crippen LogP) is 1.19. The van der Waals surface area contributed by atoms with Gasteiger partial charge in [0.1, 0.15) is 6.61 Å². The third kappa shape index (κ3) is 4.90. The molecule has 182 valence electrons. The van der Waals surface area contributed by atoms with Gasteiger partial charge in [-0.3, -0.25) is 9.69 Å². The van der Waals surface area contributed by atoms with Crippen molar-refractivity contribution in [3.63, 3.8) is 0 Å². The van der Waals surface area contributed by atoms with Crippen LogP contribution < -0.4 is 9.47 Å². The first kappa shape index (κ1) is 23.1. The summed E-state index contributed by atoms with van der Waals surface area (Å²) in [5.74, 6) is 0.582. The zero-order valence-electron chi connectivity index (χ0n) is 19.0. The van der Waals surface area contributed by atoms with Crippen LogP contribution in [0.25, 0.3) is 0 Å². The van der Waals surface area contributed by atoms with Crippen molar-refractivity contribution >= 4 is 15.9 Å². The van der Waals surface area contributed by atoms with Crippen molar-refractivity contribution in [3.8, 4) is 11.5 Å². The summed E-state index contributed by atoms with van der Waals surface area (Å²) >= 11 is 0. The number of hydrogen-bond donors (Lipinski definition) is 0. The standard InChI is InChI=1S/C24H29N3O6S/c28-24(26-12-14-31-15-13-26)23-18-32-22-16-20(6-7-21(22)33-23)34(29,30)27-10-8-25(9-11-27)17-19-4-2-1-3-5-19/h1-7,16,23H,8-15,17-18H2/t23-/m1/s1. The van der Waals surface area contributed by atoms with Crippen LogP contribution in [-0.4, -0.2) is 93.6 Å². The van der Waals surface area contributed by atoms with E-state index in [1.807, 2.05) is 18.2 Å². The molecule has 34 heavy (non-hydrogen) atoms. The number of morpholine rings is 1. The summed E-state index contributed by atoms with van der Waals surface area (Å²) in [6, 6.07) is 14.8. The van der Waals surface area contributed by atoms with Gasteiger partial charge in [-0.1, -0.05) is 30.3 Å². The summed E-state index contributed by atoms with van der Waals surface area (Å²) in [4.78, 5) is 16.8. The van der Waals surface area contributed by atoms with Crippen LogP contribution in [0.4, 0.5) is 0 Å². The predicted molar refractivity (Wildman–Crippen MR) is 124 cm³/mol. The number of carbonyl (C=O) groups excluding carboxylic acids is 1. The number of benzene rings is 2. The Morgan fingerprint density at radius 2 is 1.65 bits per heavy atom. The Balaban J connectivity index is 1.21. The molecule has 0 unspecified atom stereocenters.